The molecule has 5 nitrogen and oxygen atoms in total. The molecule has 0 heterocycles. The molecule has 0 unspecified atom stereocenters. The van der Waals surface area contributed by atoms with Crippen LogP contribution in [0.4, 0.5) is 5.69 Å². The van der Waals surface area contributed by atoms with Crippen LogP contribution in [-0.2, 0) is 11.2 Å². The number of carboxylic acids is 1. The van der Waals surface area contributed by atoms with Crippen LogP contribution in [0, 0.1) is 0 Å². The first-order valence-electron chi connectivity index (χ1n) is 7.40. The summed E-state index contributed by atoms with van der Waals surface area (Å²) in [4.78, 5) is 23.0. The summed E-state index contributed by atoms with van der Waals surface area (Å²) in [6.07, 6.45) is 0.156. The van der Waals surface area contributed by atoms with Crippen molar-refractivity contribution in [1.82, 2.24) is 0 Å². The van der Waals surface area contributed by atoms with E-state index in [9.17, 15) is 9.59 Å². The molecule has 5 heteroatoms. The van der Waals surface area contributed by atoms with Gasteiger partial charge < -0.3 is 15.2 Å². The Hall–Kier alpha value is -2.82. The maximum absolute atomic E-state index is 12.2. The van der Waals surface area contributed by atoms with Crippen molar-refractivity contribution in [2.45, 2.75) is 26.4 Å². The molecule has 0 saturated carbocycles. The summed E-state index contributed by atoms with van der Waals surface area (Å²) in [5.41, 5.74) is 1.74. The fourth-order valence-corrected chi connectivity index (χ4v) is 2.09. The van der Waals surface area contributed by atoms with E-state index in [2.05, 4.69) is 5.32 Å². The van der Waals surface area contributed by atoms with Crippen LogP contribution in [-0.4, -0.2) is 23.1 Å². The van der Waals surface area contributed by atoms with Crippen molar-refractivity contribution in [2.75, 3.05) is 5.32 Å². The van der Waals surface area contributed by atoms with Crippen LogP contribution in [0.3, 0.4) is 0 Å². The van der Waals surface area contributed by atoms with E-state index in [1.54, 1.807) is 19.1 Å². The average molecular weight is 313 g/mol. The molecule has 0 fully saturated rings. The van der Waals surface area contributed by atoms with Crippen molar-refractivity contribution in [3.05, 3.63) is 59.7 Å². The number of nitrogens with one attached hydrogen (secondary N) is 1. The number of rotatable bonds is 6. The summed E-state index contributed by atoms with van der Waals surface area (Å²) in [5, 5.41) is 11.6. The van der Waals surface area contributed by atoms with Gasteiger partial charge in [-0.3, -0.25) is 4.79 Å². The van der Waals surface area contributed by atoms with Gasteiger partial charge in [-0.05, 0) is 49.2 Å². The normalized spacial score (nSPS) is 11.6. The molecular weight excluding hydrogens is 294 g/mol. The molecule has 1 atom stereocenters. The Morgan fingerprint density at radius 2 is 1.78 bits per heavy atom. The zero-order valence-corrected chi connectivity index (χ0v) is 13.1. The van der Waals surface area contributed by atoms with Crippen LogP contribution < -0.4 is 10.1 Å². The van der Waals surface area contributed by atoms with Gasteiger partial charge in [0.05, 0.1) is 5.56 Å². The van der Waals surface area contributed by atoms with Gasteiger partial charge in [-0.15, -0.1) is 0 Å². The first-order chi connectivity index (χ1) is 11.0. The second-order valence-corrected chi connectivity index (χ2v) is 5.09. The molecule has 2 rings (SSSR count). The Morgan fingerprint density at radius 1 is 1.13 bits per heavy atom. The van der Waals surface area contributed by atoms with E-state index in [0.29, 0.717) is 11.4 Å². The molecule has 2 N–H and O–H groups in total. The quantitative estimate of drug-likeness (QED) is 0.857. The smallest absolute Gasteiger partial charge is 0.335 e. The lowest BCUT2D eigenvalue weighted by molar-refractivity contribution is -0.122. The average Bonchev–Trinajstić information content (AvgIpc) is 2.55. The third-order valence-electron chi connectivity index (χ3n) is 3.43. The number of aromatic carboxylic acids is 1. The largest absolute Gasteiger partial charge is 0.481 e. The second-order valence-electron chi connectivity index (χ2n) is 5.09. The highest BCUT2D eigenvalue weighted by atomic mass is 16.5. The van der Waals surface area contributed by atoms with Gasteiger partial charge in [0.2, 0.25) is 0 Å². The van der Waals surface area contributed by atoms with Crippen molar-refractivity contribution in [2.24, 2.45) is 0 Å². The number of carbonyl (C=O) groups excluding carboxylic acids is 1. The van der Waals surface area contributed by atoms with E-state index >= 15 is 0 Å². The number of carbonyl (C=O) groups is 2. The summed E-state index contributed by atoms with van der Waals surface area (Å²) in [7, 11) is 0. The second kappa shape index (κ2) is 7.45. The van der Waals surface area contributed by atoms with Gasteiger partial charge in [-0.25, -0.2) is 4.79 Å². The minimum Gasteiger partial charge on any atom is -0.481 e. The van der Waals surface area contributed by atoms with Gasteiger partial charge in [0.1, 0.15) is 5.75 Å². The Kier molecular flexibility index (Phi) is 5.36. The molecule has 0 aliphatic heterocycles. The van der Waals surface area contributed by atoms with Crippen LogP contribution in [0.1, 0.15) is 29.8 Å². The van der Waals surface area contributed by atoms with Crippen molar-refractivity contribution in [3.8, 4) is 5.75 Å². The molecule has 0 bridgehead atoms. The molecule has 2 aromatic carbocycles. The number of hydrogen-bond acceptors (Lipinski definition) is 3. The zero-order chi connectivity index (χ0) is 16.8. The molecule has 2 aromatic rings. The fourth-order valence-electron chi connectivity index (χ4n) is 2.09. The molecule has 1 amide bonds. The Morgan fingerprint density at radius 3 is 2.39 bits per heavy atom. The van der Waals surface area contributed by atoms with Gasteiger partial charge in [0, 0.05) is 5.69 Å². The predicted molar refractivity (Wildman–Crippen MR) is 87.9 cm³/mol. The highest BCUT2D eigenvalue weighted by Gasteiger charge is 2.16. The summed E-state index contributed by atoms with van der Waals surface area (Å²) in [6.45, 7) is 3.70. The number of hydrogen-bond donors (Lipinski definition) is 2. The summed E-state index contributed by atoms with van der Waals surface area (Å²) in [5.74, 6) is -0.603. The minimum absolute atomic E-state index is 0.171. The molecule has 23 heavy (non-hydrogen) atoms. The van der Waals surface area contributed by atoms with Crippen LogP contribution in [0.25, 0.3) is 0 Å². The molecule has 0 aliphatic rings. The van der Waals surface area contributed by atoms with Gasteiger partial charge in [-0.2, -0.15) is 0 Å². The fraction of sp³-hybridized carbons (Fsp3) is 0.222. The molecule has 0 aliphatic carbocycles. The van der Waals surface area contributed by atoms with Gasteiger partial charge in [0.15, 0.2) is 6.10 Å². The summed E-state index contributed by atoms with van der Waals surface area (Å²) >= 11 is 0. The summed E-state index contributed by atoms with van der Waals surface area (Å²) < 4.78 is 5.73. The van der Waals surface area contributed by atoms with Crippen LogP contribution in [0.5, 0.6) is 5.75 Å². The Balaban J connectivity index is 2.01. The minimum atomic E-state index is -1.00. The number of amides is 1. The highest BCUT2D eigenvalue weighted by Crippen LogP contribution is 2.20. The maximum atomic E-state index is 12.2. The van der Waals surface area contributed by atoms with Gasteiger partial charge >= 0.3 is 5.97 Å². The summed E-state index contributed by atoms with van der Waals surface area (Å²) in [6, 6.07) is 13.6. The number of ether oxygens (including phenoxy) is 1. The van der Waals surface area contributed by atoms with E-state index in [0.717, 1.165) is 12.0 Å². The highest BCUT2D eigenvalue weighted by molar-refractivity contribution is 5.95. The maximum Gasteiger partial charge on any atom is 0.335 e. The zero-order valence-electron chi connectivity index (χ0n) is 13.1. The Labute approximate surface area is 134 Å². The van der Waals surface area contributed by atoms with E-state index in [1.807, 2.05) is 31.2 Å². The number of anilines is 1. The first kappa shape index (κ1) is 16.5. The SMILES string of the molecule is CCc1ccccc1O[C@@H](C)C(=O)Nc1ccc(C(=O)O)cc1. The molecule has 0 saturated heterocycles. The van der Waals surface area contributed by atoms with E-state index in [4.69, 9.17) is 9.84 Å². The number of carboxylic acid groups (broad SMARTS) is 1. The third kappa shape index (κ3) is 4.32. The van der Waals surface area contributed by atoms with Gasteiger partial charge in [-0.1, -0.05) is 25.1 Å². The van der Waals surface area contributed by atoms with E-state index in [-0.39, 0.29) is 11.5 Å². The van der Waals surface area contributed by atoms with Crippen LogP contribution in [0.15, 0.2) is 48.5 Å². The van der Waals surface area contributed by atoms with Gasteiger partial charge in [0.25, 0.3) is 5.91 Å². The third-order valence-corrected chi connectivity index (χ3v) is 3.43. The Bertz CT molecular complexity index is 694. The van der Waals surface area contributed by atoms with Crippen molar-refractivity contribution < 1.29 is 19.4 Å². The van der Waals surface area contributed by atoms with Crippen molar-refractivity contribution >= 4 is 17.6 Å². The lowest BCUT2D eigenvalue weighted by atomic mass is 10.1. The van der Waals surface area contributed by atoms with E-state index in [1.165, 1.54) is 12.1 Å². The monoisotopic (exact) mass is 313 g/mol. The lowest BCUT2D eigenvalue weighted by Gasteiger charge is -2.17. The van der Waals surface area contributed by atoms with E-state index < -0.39 is 12.1 Å². The van der Waals surface area contributed by atoms with Crippen molar-refractivity contribution in [1.29, 1.82) is 0 Å². The first-order valence-corrected chi connectivity index (χ1v) is 7.40. The molecule has 120 valence electrons. The molecule has 0 aromatic heterocycles. The number of para-hydroxylation sites is 1. The number of benzene rings is 2. The lowest BCUT2D eigenvalue weighted by Crippen LogP contribution is -2.30. The molecule has 0 radical (unpaired) electrons. The molecular formula is C18H19NO4. The van der Waals surface area contributed by atoms with Crippen LogP contribution in [0.2, 0.25) is 0 Å². The molecule has 0 spiro atoms. The van der Waals surface area contributed by atoms with Crippen LogP contribution >= 0.6 is 0 Å². The number of aryl methyl sites for hydroxylation is 1. The standard InChI is InChI=1S/C18H19NO4/c1-3-13-6-4-5-7-16(13)23-12(2)17(20)19-15-10-8-14(9-11-15)18(21)22/h4-12H,3H2,1-2H3,(H,19,20)(H,21,22)/t12-/m0/s1. The van der Waals surface area contributed by atoms with Crippen molar-refractivity contribution in [3.63, 3.8) is 0 Å². The topological polar surface area (TPSA) is 75.6 Å². The predicted octanol–water partition coefficient (Wildman–Crippen LogP) is 3.35.